The number of rotatable bonds is 4. The van der Waals surface area contributed by atoms with E-state index in [9.17, 15) is 15.0 Å². The molecule has 1 saturated carbocycles. The summed E-state index contributed by atoms with van der Waals surface area (Å²) in [5.41, 5.74) is -0.0638. The number of aliphatic hydroxyl groups excluding tert-OH is 1. The molecule has 5 rings (SSSR count). The van der Waals surface area contributed by atoms with Crippen LogP contribution in [0, 0.1) is 11.8 Å². The van der Waals surface area contributed by atoms with Crippen LogP contribution in [0.4, 0.5) is 5.69 Å². The van der Waals surface area contributed by atoms with Crippen molar-refractivity contribution in [1.82, 2.24) is 5.32 Å². The standard InChI is InChI=1S/C20H28N2O4/c1-3-19(25,11-23)14-8-17-20(9-16(21-2)12(14)10-26-17)13-6-4-5-7-15(13)22-18(20)24/h4-7,12,14,16-17,21,23,25H,3,8-11H2,1-2H3,(H,22,24)/t12-,14+,16-,17+,19+,20-/m0/s1. The fraction of sp³-hybridized carbons (Fsp3) is 0.650. The van der Waals surface area contributed by atoms with Crippen LogP contribution in [0.2, 0.25) is 0 Å². The second-order valence-corrected chi connectivity index (χ2v) is 8.01. The lowest BCUT2D eigenvalue weighted by Gasteiger charge is -2.45. The molecule has 6 heteroatoms. The van der Waals surface area contributed by atoms with Crippen LogP contribution >= 0.6 is 0 Å². The Kier molecular flexibility index (Phi) is 4.34. The number of para-hydroxylation sites is 1. The SMILES string of the molecule is CC[C@@](O)(CO)[C@@H]1C[C@H]2OC[C@@H]1[C@@H](NC)C[C@@]21C(=O)Nc2ccccc21. The highest BCUT2D eigenvalue weighted by Crippen LogP contribution is 2.54. The zero-order valence-corrected chi connectivity index (χ0v) is 15.4. The molecule has 1 aromatic rings. The fourth-order valence-corrected chi connectivity index (χ4v) is 5.47. The number of benzene rings is 1. The minimum absolute atomic E-state index is 0.0192. The molecule has 3 aliphatic heterocycles. The first-order valence-electron chi connectivity index (χ1n) is 9.53. The molecule has 2 saturated heterocycles. The zero-order chi connectivity index (χ0) is 18.5. The maximum Gasteiger partial charge on any atom is 0.237 e. The van der Waals surface area contributed by atoms with Crippen molar-refractivity contribution in [3.05, 3.63) is 29.8 Å². The van der Waals surface area contributed by atoms with Crippen LogP contribution in [0.5, 0.6) is 0 Å². The number of nitrogens with one attached hydrogen (secondary N) is 2. The number of ether oxygens (including phenoxy) is 1. The summed E-state index contributed by atoms with van der Waals surface area (Å²) in [6.07, 6.45) is 1.36. The normalized spacial score (nSPS) is 37.9. The lowest BCUT2D eigenvalue weighted by Crippen LogP contribution is -2.54. The Labute approximate surface area is 153 Å². The summed E-state index contributed by atoms with van der Waals surface area (Å²) in [7, 11) is 1.90. The number of amides is 1. The van der Waals surface area contributed by atoms with Crippen molar-refractivity contribution in [1.29, 1.82) is 0 Å². The Morgan fingerprint density at radius 2 is 2.19 bits per heavy atom. The van der Waals surface area contributed by atoms with Crippen LogP contribution in [0.1, 0.15) is 31.7 Å². The van der Waals surface area contributed by atoms with E-state index in [0.29, 0.717) is 25.9 Å². The van der Waals surface area contributed by atoms with Crippen molar-refractivity contribution in [3.8, 4) is 0 Å². The van der Waals surface area contributed by atoms with Gasteiger partial charge in [0.2, 0.25) is 5.91 Å². The lowest BCUT2D eigenvalue weighted by atomic mass is 9.70. The first-order valence-corrected chi connectivity index (χ1v) is 9.53. The van der Waals surface area contributed by atoms with E-state index >= 15 is 0 Å². The Morgan fingerprint density at radius 1 is 1.42 bits per heavy atom. The highest BCUT2D eigenvalue weighted by molar-refractivity contribution is 6.07. The molecule has 0 radical (unpaired) electrons. The number of fused-ring (bicyclic) bond motifs is 4. The summed E-state index contributed by atoms with van der Waals surface area (Å²) in [5.74, 6) is -0.0868. The van der Waals surface area contributed by atoms with Gasteiger partial charge in [0, 0.05) is 17.6 Å². The molecule has 2 bridgehead atoms. The average molecular weight is 360 g/mol. The molecule has 1 aromatic carbocycles. The molecule has 4 N–H and O–H groups in total. The minimum atomic E-state index is -1.15. The van der Waals surface area contributed by atoms with Gasteiger partial charge in [-0.3, -0.25) is 4.79 Å². The van der Waals surface area contributed by atoms with Crippen LogP contribution in [-0.2, 0) is 14.9 Å². The number of anilines is 1. The van der Waals surface area contributed by atoms with E-state index in [1.807, 2.05) is 38.2 Å². The fourth-order valence-electron chi connectivity index (χ4n) is 5.47. The van der Waals surface area contributed by atoms with Gasteiger partial charge in [0.05, 0.1) is 24.9 Å². The van der Waals surface area contributed by atoms with E-state index < -0.39 is 11.0 Å². The molecule has 3 heterocycles. The predicted molar refractivity (Wildman–Crippen MR) is 97.9 cm³/mol. The van der Waals surface area contributed by atoms with Crippen molar-refractivity contribution in [2.45, 2.75) is 49.3 Å². The van der Waals surface area contributed by atoms with Crippen molar-refractivity contribution >= 4 is 11.6 Å². The number of carbonyl (C=O) groups excluding carboxylic acids is 1. The highest BCUT2D eigenvalue weighted by atomic mass is 16.5. The maximum absolute atomic E-state index is 13.2. The summed E-state index contributed by atoms with van der Waals surface area (Å²) in [4.78, 5) is 13.2. The van der Waals surface area contributed by atoms with Crippen LogP contribution in [0.15, 0.2) is 24.3 Å². The summed E-state index contributed by atoms with van der Waals surface area (Å²) in [6.45, 7) is 2.11. The number of hydrogen-bond acceptors (Lipinski definition) is 5. The van der Waals surface area contributed by atoms with Gasteiger partial charge in [0.15, 0.2) is 0 Å². The maximum atomic E-state index is 13.2. The summed E-state index contributed by atoms with van der Waals surface area (Å²) >= 11 is 0. The molecule has 1 amide bonds. The summed E-state index contributed by atoms with van der Waals surface area (Å²) in [6, 6.07) is 7.85. The molecule has 1 aliphatic carbocycles. The molecule has 6 atom stereocenters. The molecule has 4 aliphatic rings. The van der Waals surface area contributed by atoms with Gasteiger partial charge >= 0.3 is 0 Å². The van der Waals surface area contributed by atoms with Gasteiger partial charge < -0.3 is 25.6 Å². The molecule has 3 fully saturated rings. The molecule has 1 spiro atoms. The highest BCUT2D eigenvalue weighted by Gasteiger charge is 2.61. The Balaban J connectivity index is 1.83. The number of hydrogen-bond donors (Lipinski definition) is 4. The van der Waals surface area contributed by atoms with Crippen molar-refractivity contribution in [2.24, 2.45) is 11.8 Å². The smallest absolute Gasteiger partial charge is 0.237 e. The summed E-state index contributed by atoms with van der Waals surface area (Å²) in [5, 5.41) is 27.4. The van der Waals surface area contributed by atoms with E-state index in [1.165, 1.54) is 0 Å². The van der Waals surface area contributed by atoms with E-state index in [1.54, 1.807) is 0 Å². The van der Waals surface area contributed by atoms with Crippen molar-refractivity contribution in [2.75, 3.05) is 25.6 Å². The molecule has 0 unspecified atom stereocenters. The molecular formula is C20H28N2O4. The third-order valence-electron chi connectivity index (χ3n) is 7.09. The topological polar surface area (TPSA) is 90.8 Å². The average Bonchev–Trinajstić information content (AvgIpc) is 2.80. The second-order valence-electron chi connectivity index (χ2n) is 8.01. The second kappa shape index (κ2) is 6.30. The quantitative estimate of drug-likeness (QED) is 0.644. The van der Waals surface area contributed by atoms with Gasteiger partial charge in [0.1, 0.15) is 5.41 Å². The predicted octanol–water partition coefficient (Wildman–Crippen LogP) is 1.02. The minimum Gasteiger partial charge on any atom is -0.393 e. The first kappa shape index (κ1) is 17.9. The van der Waals surface area contributed by atoms with E-state index in [2.05, 4.69) is 10.6 Å². The Morgan fingerprint density at radius 3 is 2.88 bits per heavy atom. The summed E-state index contributed by atoms with van der Waals surface area (Å²) < 4.78 is 6.22. The first-order chi connectivity index (χ1) is 12.5. The van der Waals surface area contributed by atoms with Gasteiger partial charge in [-0.25, -0.2) is 0 Å². The van der Waals surface area contributed by atoms with E-state index in [-0.39, 0.29) is 36.5 Å². The Bertz CT molecular complexity index is 705. The molecule has 142 valence electrons. The molecule has 0 aromatic heterocycles. The van der Waals surface area contributed by atoms with Gasteiger partial charge in [-0.1, -0.05) is 25.1 Å². The third-order valence-corrected chi connectivity index (χ3v) is 7.09. The van der Waals surface area contributed by atoms with Crippen LogP contribution in [0.3, 0.4) is 0 Å². The van der Waals surface area contributed by atoms with E-state index in [0.717, 1.165) is 11.3 Å². The number of aliphatic hydroxyl groups is 2. The van der Waals surface area contributed by atoms with Crippen LogP contribution in [0.25, 0.3) is 0 Å². The lowest BCUT2D eigenvalue weighted by molar-refractivity contribution is -0.153. The van der Waals surface area contributed by atoms with Gasteiger partial charge in [-0.05, 0) is 43.9 Å². The third kappa shape index (κ3) is 2.29. The van der Waals surface area contributed by atoms with Gasteiger partial charge in [-0.15, -0.1) is 0 Å². The van der Waals surface area contributed by atoms with Crippen molar-refractivity contribution in [3.63, 3.8) is 0 Å². The molecule has 26 heavy (non-hydrogen) atoms. The Hall–Kier alpha value is -1.47. The monoisotopic (exact) mass is 360 g/mol. The van der Waals surface area contributed by atoms with E-state index in [4.69, 9.17) is 4.74 Å². The number of carbonyl (C=O) groups is 1. The van der Waals surface area contributed by atoms with Gasteiger partial charge in [-0.2, -0.15) is 0 Å². The van der Waals surface area contributed by atoms with Gasteiger partial charge in [0.25, 0.3) is 0 Å². The zero-order valence-electron chi connectivity index (χ0n) is 15.4. The van der Waals surface area contributed by atoms with Crippen LogP contribution in [-0.4, -0.2) is 54.1 Å². The van der Waals surface area contributed by atoms with Crippen molar-refractivity contribution < 1.29 is 19.7 Å². The van der Waals surface area contributed by atoms with Crippen LogP contribution < -0.4 is 10.6 Å². The molecular weight excluding hydrogens is 332 g/mol. The largest absolute Gasteiger partial charge is 0.393 e. The molecule has 6 nitrogen and oxygen atoms in total.